The Kier molecular flexibility index (Phi) is 4.44. The van der Waals surface area contributed by atoms with E-state index in [1.54, 1.807) is 7.11 Å². The van der Waals surface area contributed by atoms with Crippen LogP contribution in [0.1, 0.15) is 5.56 Å². The van der Waals surface area contributed by atoms with E-state index >= 15 is 0 Å². The van der Waals surface area contributed by atoms with Gasteiger partial charge in [0, 0.05) is 11.6 Å². The summed E-state index contributed by atoms with van der Waals surface area (Å²) >= 11 is 3.36. The van der Waals surface area contributed by atoms with Gasteiger partial charge in [0.2, 0.25) is 5.88 Å². The second kappa shape index (κ2) is 6.08. The molecule has 0 bridgehead atoms. The van der Waals surface area contributed by atoms with Gasteiger partial charge in [-0.05, 0) is 17.7 Å². The number of hydrogen-bond acceptors (Lipinski definition) is 3. The number of nitrogens with zero attached hydrogens (tertiary/aromatic N) is 2. The number of methoxy groups -OCH3 is 1. The minimum absolute atomic E-state index is 0.0424. The Balaban J connectivity index is 2.21. The summed E-state index contributed by atoms with van der Waals surface area (Å²) in [7, 11) is 1.56. The first-order valence-electron chi connectivity index (χ1n) is 5.84. The zero-order valence-corrected chi connectivity index (χ0v) is 12.1. The fraction of sp³-hybridized carbons (Fsp3) is 0.308. The number of aromatic hydroxyl groups is 1. The molecule has 1 N–H and O–H groups in total. The average molecular weight is 327 g/mol. The van der Waals surface area contributed by atoms with Gasteiger partial charge in [-0.15, -0.1) is 0 Å². The first kappa shape index (κ1) is 13.9. The van der Waals surface area contributed by atoms with Gasteiger partial charge in [-0.3, -0.25) is 9.13 Å². The number of ether oxygens (including phenoxy) is 1. The smallest absolute Gasteiger partial charge is 0.331 e. The third kappa shape index (κ3) is 3.27. The highest BCUT2D eigenvalue weighted by atomic mass is 79.9. The topological polar surface area (TPSA) is 56.4 Å². The first-order chi connectivity index (χ1) is 9.11. The van der Waals surface area contributed by atoms with Gasteiger partial charge >= 0.3 is 5.69 Å². The van der Waals surface area contributed by atoms with E-state index in [9.17, 15) is 9.90 Å². The van der Waals surface area contributed by atoms with Crippen LogP contribution in [-0.2, 0) is 17.8 Å². The van der Waals surface area contributed by atoms with E-state index in [0.717, 1.165) is 10.0 Å². The third-order valence-electron chi connectivity index (χ3n) is 2.81. The molecule has 0 aliphatic heterocycles. The lowest BCUT2D eigenvalue weighted by Gasteiger charge is -2.02. The predicted molar refractivity (Wildman–Crippen MR) is 75.5 cm³/mol. The zero-order valence-electron chi connectivity index (χ0n) is 10.5. The fourth-order valence-corrected chi connectivity index (χ4v) is 2.07. The molecule has 6 heteroatoms. The Morgan fingerprint density at radius 2 is 2.00 bits per heavy atom. The molecule has 0 fully saturated rings. The SMILES string of the molecule is COCCn1c(O)cn(Cc2ccc(Br)cc2)c1=O. The minimum Gasteiger partial charge on any atom is -0.493 e. The molecule has 102 valence electrons. The van der Waals surface area contributed by atoms with Crippen LogP contribution in [0.2, 0.25) is 0 Å². The molecule has 1 heterocycles. The molecule has 0 atom stereocenters. The number of imidazole rings is 1. The average Bonchev–Trinajstić information content (AvgIpc) is 2.65. The Morgan fingerprint density at radius 1 is 1.32 bits per heavy atom. The number of aromatic nitrogens is 2. The van der Waals surface area contributed by atoms with Gasteiger partial charge in [-0.25, -0.2) is 4.79 Å². The van der Waals surface area contributed by atoms with Crippen molar-refractivity contribution < 1.29 is 9.84 Å². The summed E-state index contributed by atoms with van der Waals surface area (Å²) in [6.07, 6.45) is 1.44. The van der Waals surface area contributed by atoms with E-state index in [1.165, 1.54) is 15.3 Å². The molecule has 0 saturated heterocycles. The molecule has 5 nitrogen and oxygen atoms in total. The molecule has 0 amide bonds. The largest absolute Gasteiger partial charge is 0.493 e. The summed E-state index contributed by atoms with van der Waals surface area (Å²) in [5.41, 5.74) is 0.756. The maximum atomic E-state index is 12.1. The Bertz CT molecular complexity index is 601. The lowest BCUT2D eigenvalue weighted by atomic mass is 10.2. The van der Waals surface area contributed by atoms with Crippen LogP contribution >= 0.6 is 15.9 Å². The van der Waals surface area contributed by atoms with Crippen molar-refractivity contribution in [1.29, 1.82) is 0 Å². The zero-order chi connectivity index (χ0) is 13.8. The maximum Gasteiger partial charge on any atom is 0.331 e. The standard InChI is InChI=1S/C13H15BrN2O3/c1-19-7-6-16-12(17)9-15(13(16)18)8-10-2-4-11(14)5-3-10/h2-5,9,17H,6-8H2,1H3. The van der Waals surface area contributed by atoms with Crippen LogP contribution in [0.4, 0.5) is 0 Å². The summed E-state index contributed by atoms with van der Waals surface area (Å²) < 4.78 is 8.68. The molecule has 19 heavy (non-hydrogen) atoms. The normalized spacial score (nSPS) is 10.8. The summed E-state index contributed by atoms with van der Waals surface area (Å²) in [6, 6.07) is 7.70. The lowest BCUT2D eigenvalue weighted by molar-refractivity contribution is 0.182. The van der Waals surface area contributed by atoms with E-state index < -0.39 is 0 Å². The number of halogens is 1. The maximum absolute atomic E-state index is 12.1. The third-order valence-corrected chi connectivity index (χ3v) is 3.34. The molecule has 0 aliphatic carbocycles. The van der Waals surface area contributed by atoms with E-state index in [2.05, 4.69) is 15.9 Å². The monoisotopic (exact) mass is 326 g/mol. The number of rotatable bonds is 5. The molecule has 2 rings (SSSR count). The van der Waals surface area contributed by atoms with E-state index in [0.29, 0.717) is 19.7 Å². The van der Waals surface area contributed by atoms with Crippen molar-refractivity contribution in [3.8, 4) is 5.88 Å². The van der Waals surface area contributed by atoms with Gasteiger partial charge in [0.1, 0.15) is 0 Å². The second-order valence-electron chi connectivity index (χ2n) is 4.17. The van der Waals surface area contributed by atoms with Crippen LogP contribution in [0.5, 0.6) is 5.88 Å². The highest BCUT2D eigenvalue weighted by Gasteiger charge is 2.10. The quantitative estimate of drug-likeness (QED) is 0.911. The van der Waals surface area contributed by atoms with Crippen LogP contribution in [0, 0.1) is 0 Å². The summed E-state index contributed by atoms with van der Waals surface area (Å²) in [5.74, 6) is -0.0424. The second-order valence-corrected chi connectivity index (χ2v) is 5.08. The van der Waals surface area contributed by atoms with Gasteiger partial charge < -0.3 is 9.84 Å². The molecule has 0 unspecified atom stereocenters. The summed E-state index contributed by atoms with van der Waals surface area (Å²) in [5, 5.41) is 9.74. The van der Waals surface area contributed by atoms with Gasteiger partial charge in [0.05, 0.1) is 25.9 Å². The molecule has 1 aromatic carbocycles. The van der Waals surface area contributed by atoms with Crippen LogP contribution in [-0.4, -0.2) is 28.0 Å². The Hall–Kier alpha value is -1.53. The van der Waals surface area contributed by atoms with Crippen molar-refractivity contribution in [3.63, 3.8) is 0 Å². The van der Waals surface area contributed by atoms with Gasteiger partial charge in [-0.1, -0.05) is 28.1 Å². The lowest BCUT2D eigenvalue weighted by Crippen LogP contribution is -2.25. The minimum atomic E-state index is -0.238. The molecule has 0 spiro atoms. The molecular formula is C13H15BrN2O3. The van der Waals surface area contributed by atoms with E-state index in [4.69, 9.17) is 4.74 Å². The highest BCUT2D eigenvalue weighted by molar-refractivity contribution is 9.10. The van der Waals surface area contributed by atoms with Crippen molar-refractivity contribution >= 4 is 15.9 Å². The Morgan fingerprint density at radius 3 is 2.63 bits per heavy atom. The Labute approximate surface area is 119 Å². The van der Waals surface area contributed by atoms with Crippen LogP contribution in [0.15, 0.2) is 39.7 Å². The van der Waals surface area contributed by atoms with E-state index in [-0.39, 0.29) is 11.6 Å². The molecular weight excluding hydrogens is 312 g/mol. The summed E-state index contributed by atoms with van der Waals surface area (Å²) in [6.45, 7) is 1.16. The first-order valence-corrected chi connectivity index (χ1v) is 6.63. The summed E-state index contributed by atoms with van der Waals surface area (Å²) in [4.78, 5) is 12.1. The number of benzene rings is 1. The number of hydrogen-bond donors (Lipinski definition) is 1. The van der Waals surface area contributed by atoms with Gasteiger partial charge in [-0.2, -0.15) is 0 Å². The van der Waals surface area contributed by atoms with Crippen molar-refractivity contribution in [2.24, 2.45) is 0 Å². The molecule has 0 saturated carbocycles. The predicted octanol–water partition coefficient (Wildman–Crippen LogP) is 1.81. The highest BCUT2D eigenvalue weighted by Crippen LogP contribution is 2.12. The van der Waals surface area contributed by atoms with Crippen LogP contribution < -0.4 is 5.69 Å². The fourth-order valence-electron chi connectivity index (χ4n) is 1.81. The molecule has 1 aromatic heterocycles. The van der Waals surface area contributed by atoms with Crippen molar-refractivity contribution in [2.75, 3.05) is 13.7 Å². The molecule has 0 radical (unpaired) electrons. The molecule has 2 aromatic rings. The van der Waals surface area contributed by atoms with Crippen molar-refractivity contribution in [3.05, 3.63) is 51.0 Å². The van der Waals surface area contributed by atoms with Crippen LogP contribution in [0.3, 0.4) is 0 Å². The van der Waals surface area contributed by atoms with Crippen LogP contribution in [0.25, 0.3) is 0 Å². The van der Waals surface area contributed by atoms with E-state index in [1.807, 2.05) is 24.3 Å². The van der Waals surface area contributed by atoms with Gasteiger partial charge in [0.15, 0.2) is 0 Å². The van der Waals surface area contributed by atoms with Crippen molar-refractivity contribution in [1.82, 2.24) is 9.13 Å². The van der Waals surface area contributed by atoms with Gasteiger partial charge in [0.25, 0.3) is 0 Å². The molecule has 0 aliphatic rings. The van der Waals surface area contributed by atoms with Crippen molar-refractivity contribution in [2.45, 2.75) is 13.1 Å².